The van der Waals surface area contributed by atoms with E-state index in [1.54, 1.807) is 0 Å². The van der Waals surface area contributed by atoms with Crippen molar-refractivity contribution < 1.29 is 22.6 Å². The fraction of sp³-hybridized carbons (Fsp3) is 0.200. The van der Waals surface area contributed by atoms with Crippen LogP contribution in [0.15, 0.2) is 29.2 Å². The lowest BCUT2D eigenvalue weighted by atomic mass is 10.3. The van der Waals surface area contributed by atoms with Crippen LogP contribution in [-0.4, -0.2) is 29.7 Å². The molecule has 0 unspecified atom stereocenters. The molecule has 98 valence electrons. The molecule has 0 bridgehead atoms. The maximum absolute atomic E-state index is 11.4. The maximum Gasteiger partial charge on any atom is 0.294 e. The zero-order valence-corrected chi connectivity index (χ0v) is 11.0. The van der Waals surface area contributed by atoms with E-state index in [0.717, 1.165) is 17.8 Å². The lowest BCUT2D eigenvalue weighted by Crippen LogP contribution is -2.15. The molecular weight excluding hydrogens is 278 g/mol. The Morgan fingerprint density at radius 1 is 1.39 bits per heavy atom. The zero-order chi connectivity index (χ0) is 13.8. The van der Waals surface area contributed by atoms with Crippen molar-refractivity contribution in [2.45, 2.75) is 11.8 Å². The standard InChI is InChI=1S/C10H11NO5S2/c1-7(12)17-6-10(13)11-8-3-2-4-9(5-8)18(14,15)16/h2-5H,6H2,1H3,(H,11,13)(H,14,15,16). The van der Waals surface area contributed by atoms with Gasteiger partial charge in [-0.3, -0.25) is 14.1 Å². The van der Waals surface area contributed by atoms with Gasteiger partial charge in [-0.05, 0) is 18.2 Å². The molecule has 0 aliphatic carbocycles. The minimum absolute atomic E-state index is 0.0502. The molecule has 0 atom stereocenters. The average Bonchev–Trinajstić information content (AvgIpc) is 2.25. The number of hydrogen-bond acceptors (Lipinski definition) is 5. The van der Waals surface area contributed by atoms with E-state index in [4.69, 9.17) is 4.55 Å². The molecule has 1 aromatic rings. The van der Waals surface area contributed by atoms with E-state index in [1.807, 2.05) is 0 Å². The first-order valence-electron chi connectivity index (χ1n) is 4.80. The summed E-state index contributed by atoms with van der Waals surface area (Å²) in [7, 11) is -4.30. The summed E-state index contributed by atoms with van der Waals surface area (Å²) < 4.78 is 30.6. The van der Waals surface area contributed by atoms with Crippen molar-refractivity contribution in [2.24, 2.45) is 0 Å². The van der Waals surface area contributed by atoms with Crippen molar-refractivity contribution in [1.29, 1.82) is 0 Å². The Kier molecular flexibility index (Phi) is 4.88. The third kappa shape index (κ3) is 4.86. The third-order valence-corrected chi connectivity index (χ3v) is 3.48. The van der Waals surface area contributed by atoms with Crippen LogP contribution in [0, 0.1) is 0 Å². The first-order chi connectivity index (χ1) is 8.29. The highest BCUT2D eigenvalue weighted by Gasteiger charge is 2.11. The number of nitrogens with one attached hydrogen (secondary N) is 1. The topological polar surface area (TPSA) is 101 Å². The highest BCUT2D eigenvalue weighted by Crippen LogP contribution is 2.15. The monoisotopic (exact) mass is 289 g/mol. The minimum atomic E-state index is -4.30. The van der Waals surface area contributed by atoms with Gasteiger partial charge < -0.3 is 5.32 Å². The summed E-state index contributed by atoms with van der Waals surface area (Å²) in [6, 6.07) is 5.20. The molecule has 1 rings (SSSR count). The van der Waals surface area contributed by atoms with E-state index in [9.17, 15) is 18.0 Å². The second kappa shape index (κ2) is 5.98. The van der Waals surface area contributed by atoms with E-state index >= 15 is 0 Å². The normalized spacial score (nSPS) is 11.0. The molecule has 0 radical (unpaired) electrons. The van der Waals surface area contributed by atoms with Crippen molar-refractivity contribution in [3.63, 3.8) is 0 Å². The number of thioether (sulfide) groups is 1. The van der Waals surface area contributed by atoms with Crippen molar-refractivity contribution in [2.75, 3.05) is 11.1 Å². The highest BCUT2D eigenvalue weighted by molar-refractivity contribution is 8.14. The predicted octanol–water partition coefficient (Wildman–Crippen LogP) is 1.15. The summed E-state index contributed by atoms with van der Waals surface area (Å²) in [5.74, 6) is -0.478. The number of amides is 1. The molecule has 0 saturated carbocycles. The molecule has 0 saturated heterocycles. The second-order valence-corrected chi connectivity index (χ2v) is 5.91. The largest absolute Gasteiger partial charge is 0.325 e. The summed E-state index contributed by atoms with van der Waals surface area (Å²) in [6.07, 6.45) is 0. The molecule has 18 heavy (non-hydrogen) atoms. The molecule has 0 fully saturated rings. The minimum Gasteiger partial charge on any atom is -0.325 e. The van der Waals surface area contributed by atoms with Crippen molar-refractivity contribution in [3.05, 3.63) is 24.3 Å². The second-order valence-electron chi connectivity index (χ2n) is 3.33. The van der Waals surface area contributed by atoms with Crippen LogP contribution in [0.25, 0.3) is 0 Å². The van der Waals surface area contributed by atoms with Gasteiger partial charge in [-0.1, -0.05) is 17.8 Å². The summed E-state index contributed by atoms with van der Waals surface area (Å²) in [4.78, 5) is 21.7. The summed E-state index contributed by atoms with van der Waals surface area (Å²) in [6.45, 7) is 1.34. The van der Waals surface area contributed by atoms with Gasteiger partial charge in [0.1, 0.15) is 0 Å². The first-order valence-corrected chi connectivity index (χ1v) is 7.22. The van der Waals surface area contributed by atoms with Crippen LogP contribution in [0.1, 0.15) is 6.92 Å². The average molecular weight is 289 g/mol. The molecule has 0 aliphatic heterocycles. The van der Waals surface area contributed by atoms with Gasteiger partial charge in [0.15, 0.2) is 5.12 Å². The smallest absolute Gasteiger partial charge is 0.294 e. The summed E-state index contributed by atoms with van der Waals surface area (Å²) in [5.41, 5.74) is 0.235. The van der Waals surface area contributed by atoms with Gasteiger partial charge in [-0.15, -0.1) is 0 Å². The van der Waals surface area contributed by atoms with Crippen LogP contribution in [0.4, 0.5) is 5.69 Å². The third-order valence-electron chi connectivity index (χ3n) is 1.82. The van der Waals surface area contributed by atoms with Gasteiger partial charge in [-0.25, -0.2) is 0 Å². The summed E-state index contributed by atoms with van der Waals surface area (Å²) >= 11 is 0.850. The lowest BCUT2D eigenvalue weighted by Gasteiger charge is -2.05. The fourth-order valence-corrected chi connectivity index (χ4v) is 2.03. The molecule has 0 heterocycles. The van der Waals surface area contributed by atoms with E-state index in [-0.39, 0.29) is 21.5 Å². The Morgan fingerprint density at radius 2 is 2.06 bits per heavy atom. The van der Waals surface area contributed by atoms with Crippen LogP contribution in [0.3, 0.4) is 0 Å². The molecule has 8 heteroatoms. The molecule has 0 aliphatic rings. The Balaban J connectivity index is 2.74. The number of anilines is 1. The molecule has 2 N–H and O–H groups in total. The Bertz CT molecular complexity index is 567. The molecular formula is C10H11NO5S2. The van der Waals surface area contributed by atoms with Gasteiger partial charge in [0.2, 0.25) is 5.91 Å². The number of carbonyl (C=O) groups excluding carboxylic acids is 2. The molecule has 6 nitrogen and oxygen atoms in total. The molecule has 0 spiro atoms. The molecule has 1 aromatic carbocycles. The number of carbonyl (C=O) groups is 2. The quantitative estimate of drug-likeness (QED) is 0.806. The van der Waals surface area contributed by atoms with Crippen LogP contribution in [-0.2, 0) is 19.7 Å². The van der Waals surface area contributed by atoms with E-state index in [0.29, 0.717) is 0 Å². The van der Waals surface area contributed by atoms with Gasteiger partial charge in [-0.2, -0.15) is 8.42 Å². The summed E-state index contributed by atoms with van der Waals surface area (Å²) in [5, 5.41) is 2.24. The van der Waals surface area contributed by atoms with E-state index in [1.165, 1.54) is 25.1 Å². The lowest BCUT2D eigenvalue weighted by molar-refractivity contribution is -0.114. The Hall–Kier alpha value is -1.38. The first kappa shape index (κ1) is 14.7. The van der Waals surface area contributed by atoms with E-state index < -0.39 is 16.0 Å². The van der Waals surface area contributed by atoms with Crippen LogP contribution in [0.5, 0.6) is 0 Å². The van der Waals surface area contributed by atoms with Crippen molar-refractivity contribution in [3.8, 4) is 0 Å². The van der Waals surface area contributed by atoms with Gasteiger partial charge >= 0.3 is 0 Å². The van der Waals surface area contributed by atoms with Gasteiger partial charge in [0.25, 0.3) is 10.1 Å². The number of hydrogen-bond donors (Lipinski definition) is 2. The van der Waals surface area contributed by atoms with Gasteiger partial charge in [0, 0.05) is 12.6 Å². The van der Waals surface area contributed by atoms with Crippen LogP contribution >= 0.6 is 11.8 Å². The SMILES string of the molecule is CC(=O)SCC(=O)Nc1cccc(S(=O)(=O)O)c1. The Labute approximate surface area is 109 Å². The van der Waals surface area contributed by atoms with Gasteiger partial charge in [0.05, 0.1) is 10.6 Å². The molecule has 1 amide bonds. The van der Waals surface area contributed by atoms with Crippen LogP contribution < -0.4 is 5.32 Å². The van der Waals surface area contributed by atoms with Crippen molar-refractivity contribution >= 4 is 38.6 Å². The number of benzene rings is 1. The number of rotatable bonds is 4. The zero-order valence-electron chi connectivity index (χ0n) is 9.41. The van der Waals surface area contributed by atoms with E-state index in [2.05, 4.69) is 5.32 Å². The fourth-order valence-electron chi connectivity index (χ4n) is 1.10. The highest BCUT2D eigenvalue weighted by atomic mass is 32.2. The maximum atomic E-state index is 11.4. The Morgan fingerprint density at radius 3 is 2.61 bits per heavy atom. The van der Waals surface area contributed by atoms with Crippen LogP contribution in [0.2, 0.25) is 0 Å². The molecule has 0 aromatic heterocycles. The predicted molar refractivity (Wildman–Crippen MR) is 68.0 cm³/mol. The van der Waals surface area contributed by atoms with Crippen molar-refractivity contribution in [1.82, 2.24) is 0 Å².